The Hall–Kier alpha value is -1.79. The van der Waals surface area contributed by atoms with Crippen molar-refractivity contribution in [3.05, 3.63) is 30.1 Å². The fourth-order valence-corrected chi connectivity index (χ4v) is 2.00. The second-order valence-electron chi connectivity index (χ2n) is 4.07. The Labute approximate surface area is 108 Å². The monoisotopic (exact) mass is 241 g/mol. The smallest absolute Gasteiger partial charge is 0.121 e. The molecule has 3 heteroatoms. The lowest BCUT2D eigenvalue weighted by Gasteiger charge is -2.02. The molecule has 1 aromatic carbocycles. The molecular formula is C15H19N3. The summed E-state index contributed by atoms with van der Waals surface area (Å²) < 4.78 is 2.23. The molecule has 0 spiro atoms. The summed E-state index contributed by atoms with van der Waals surface area (Å²) in [7, 11) is 0. The molecule has 0 aliphatic carbocycles. The molecule has 94 valence electrons. The molecule has 0 saturated heterocycles. The molecule has 2 rings (SSSR count). The molecule has 3 nitrogen and oxygen atoms in total. The van der Waals surface area contributed by atoms with Gasteiger partial charge in [0, 0.05) is 6.54 Å². The normalized spacial score (nSPS) is 10.3. The lowest BCUT2D eigenvalue weighted by atomic mass is 10.3. The molecule has 1 N–H and O–H groups in total. The van der Waals surface area contributed by atoms with Crippen molar-refractivity contribution in [1.82, 2.24) is 14.9 Å². The van der Waals surface area contributed by atoms with E-state index in [-0.39, 0.29) is 0 Å². The number of rotatable bonds is 4. The number of nitrogens with zero attached hydrogens (tertiary/aromatic N) is 2. The van der Waals surface area contributed by atoms with E-state index in [0.29, 0.717) is 6.42 Å². The van der Waals surface area contributed by atoms with Crippen LogP contribution in [0.4, 0.5) is 0 Å². The number of para-hydroxylation sites is 2. The van der Waals surface area contributed by atoms with E-state index in [0.717, 1.165) is 31.0 Å². The van der Waals surface area contributed by atoms with E-state index in [9.17, 15) is 0 Å². The maximum atomic E-state index is 4.64. The number of hydrogen-bond acceptors (Lipinski definition) is 2. The molecule has 0 amide bonds. The van der Waals surface area contributed by atoms with E-state index in [1.165, 1.54) is 5.52 Å². The summed E-state index contributed by atoms with van der Waals surface area (Å²) in [5, 5.41) is 3.19. The van der Waals surface area contributed by atoms with Crippen molar-refractivity contribution < 1.29 is 0 Å². The molecule has 0 bridgehead atoms. The van der Waals surface area contributed by atoms with Crippen LogP contribution in [0, 0.1) is 11.8 Å². The predicted molar refractivity (Wildman–Crippen MR) is 75.4 cm³/mol. The Morgan fingerprint density at radius 3 is 2.83 bits per heavy atom. The average molecular weight is 241 g/mol. The molecule has 1 aromatic heterocycles. The molecule has 0 aliphatic rings. The van der Waals surface area contributed by atoms with Gasteiger partial charge in [-0.25, -0.2) is 4.98 Å². The second kappa shape index (κ2) is 6.23. The van der Waals surface area contributed by atoms with Crippen molar-refractivity contribution in [3.63, 3.8) is 0 Å². The first-order chi connectivity index (χ1) is 8.86. The average Bonchev–Trinajstić information content (AvgIpc) is 2.76. The highest BCUT2D eigenvalue weighted by Crippen LogP contribution is 2.15. The van der Waals surface area contributed by atoms with Gasteiger partial charge in [-0.05, 0) is 25.6 Å². The minimum absolute atomic E-state index is 0.716. The van der Waals surface area contributed by atoms with Gasteiger partial charge in [0.1, 0.15) is 5.82 Å². The Morgan fingerprint density at radius 1 is 1.22 bits per heavy atom. The molecule has 0 unspecified atom stereocenters. The van der Waals surface area contributed by atoms with Gasteiger partial charge in [-0.15, -0.1) is 0 Å². The minimum Gasteiger partial charge on any atom is -0.327 e. The fraction of sp³-hybridized carbons (Fsp3) is 0.400. The summed E-state index contributed by atoms with van der Waals surface area (Å²) >= 11 is 0. The Balaban J connectivity index is 2.19. The zero-order valence-electron chi connectivity index (χ0n) is 11.0. The quantitative estimate of drug-likeness (QED) is 0.657. The van der Waals surface area contributed by atoms with Crippen molar-refractivity contribution in [2.45, 2.75) is 26.8 Å². The Morgan fingerprint density at radius 2 is 2.06 bits per heavy atom. The molecule has 18 heavy (non-hydrogen) atoms. The number of imidazole rings is 1. The van der Waals surface area contributed by atoms with E-state index in [1.807, 2.05) is 6.07 Å². The molecular weight excluding hydrogens is 222 g/mol. The molecule has 0 fully saturated rings. The van der Waals surface area contributed by atoms with Crippen molar-refractivity contribution in [2.24, 2.45) is 0 Å². The molecule has 1 heterocycles. The van der Waals surface area contributed by atoms with Crippen molar-refractivity contribution in [2.75, 3.05) is 13.1 Å². The first-order valence-electron chi connectivity index (χ1n) is 6.47. The number of nitrogens with one attached hydrogen (secondary N) is 1. The van der Waals surface area contributed by atoms with Crippen molar-refractivity contribution >= 4 is 11.0 Å². The summed E-state index contributed by atoms with van der Waals surface area (Å²) in [6.45, 7) is 6.87. The van der Waals surface area contributed by atoms with Gasteiger partial charge in [0.05, 0.1) is 24.0 Å². The largest absolute Gasteiger partial charge is 0.327 e. The fourth-order valence-electron chi connectivity index (χ4n) is 2.00. The lowest BCUT2D eigenvalue weighted by Crippen LogP contribution is -2.12. The van der Waals surface area contributed by atoms with E-state index in [1.54, 1.807) is 0 Å². The Bertz CT molecular complexity index is 572. The molecule has 0 aliphatic heterocycles. The zero-order chi connectivity index (χ0) is 12.8. The van der Waals surface area contributed by atoms with E-state index in [2.05, 4.69) is 58.8 Å². The van der Waals surface area contributed by atoms with Crippen LogP contribution in [0.5, 0.6) is 0 Å². The zero-order valence-corrected chi connectivity index (χ0v) is 11.0. The molecule has 0 atom stereocenters. The van der Waals surface area contributed by atoms with Crippen LogP contribution in [0.1, 0.15) is 19.7 Å². The summed E-state index contributed by atoms with van der Waals surface area (Å²) in [6, 6.07) is 8.24. The van der Waals surface area contributed by atoms with Gasteiger partial charge in [-0.3, -0.25) is 0 Å². The van der Waals surface area contributed by atoms with Gasteiger partial charge < -0.3 is 9.88 Å². The summed E-state index contributed by atoms with van der Waals surface area (Å²) in [5.41, 5.74) is 2.26. The van der Waals surface area contributed by atoms with Gasteiger partial charge in [0.15, 0.2) is 0 Å². The van der Waals surface area contributed by atoms with Crippen molar-refractivity contribution in [3.8, 4) is 11.8 Å². The van der Waals surface area contributed by atoms with Crippen LogP contribution in [0.25, 0.3) is 11.0 Å². The number of aromatic nitrogens is 2. The maximum Gasteiger partial charge on any atom is 0.121 e. The second-order valence-corrected chi connectivity index (χ2v) is 4.07. The van der Waals surface area contributed by atoms with E-state index < -0.39 is 0 Å². The van der Waals surface area contributed by atoms with Crippen LogP contribution in [0.3, 0.4) is 0 Å². The van der Waals surface area contributed by atoms with Crippen LogP contribution in [0.15, 0.2) is 24.3 Å². The minimum atomic E-state index is 0.716. The first kappa shape index (κ1) is 12.7. The SMILES string of the molecule is CCNCC#CCc1nc2ccccc2n1CC. The van der Waals surface area contributed by atoms with Crippen molar-refractivity contribution in [1.29, 1.82) is 0 Å². The standard InChI is InChI=1S/C15H19N3/c1-3-16-12-8-7-11-15-17-13-9-5-6-10-14(13)18(15)4-2/h5-6,9-10,16H,3-4,11-12H2,1-2H3. The van der Waals surface area contributed by atoms with Crippen LogP contribution in [-0.2, 0) is 13.0 Å². The summed E-state index contributed by atoms with van der Waals surface area (Å²) in [4.78, 5) is 4.64. The third-order valence-electron chi connectivity index (χ3n) is 2.88. The number of benzene rings is 1. The van der Waals surface area contributed by atoms with E-state index >= 15 is 0 Å². The number of aryl methyl sites for hydroxylation is 1. The molecule has 0 radical (unpaired) electrons. The lowest BCUT2D eigenvalue weighted by molar-refractivity contribution is 0.740. The van der Waals surface area contributed by atoms with Gasteiger partial charge in [-0.2, -0.15) is 0 Å². The third-order valence-corrected chi connectivity index (χ3v) is 2.88. The predicted octanol–water partition coefficient (Wildman–Crippen LogP) is 2.21. The Kier molecular flexibility index (Phi) is 4.38. The highest BCUT2D eigenvalue weighted by molar-refractivity contribution is 5.75. The first-order valence-corrected chi connectivity index (χ1v) is 6.47. The third kappa shape index (κ3) is 2.72. The van der Waals surface area contributed by atoms with Gasteiger partial charge in [0.25, 0.3) is 0 Å². The number of fused-ring (bicyclic) bond motifs is 1. The topological polar surface area (TPSA) is 29.9 Å². The summed E-state index contributed by atoms with van der Waals surface area (Å²) in [6.07, 6.45) is 0.716. The number of hydrogen-bond donors (Lipinski definition) is 1. The van der Waals surface area contributed by atoms with Gasteiger partial charge in [-0.1, -0.05) is 30.9 Å². The van der Waals surface area contributed by atoms with Gasteiger partial charge >= 0.3 is 0 Å². The van der Waals surface area contributed by atoms with Crippen LogP contribution < -0.4 is 5.32 Å². The van der Waals surface area contributed by atoms with E-state index in [4.69, 9.17) is 0 Å². The van der Waals surface area contributed by atoms with Crippen LogP contribution in [0.2, 0.25) is 0 Å². The highest BCUT2D eigenvalue weighted by atomic mass is 15.1. The van der Waals surface area contributed by atoms with Crippen LogP contribution in [-0.4, -0.2) is 22.6 Å². The highest BCUT2D eigenvalue weighted by Gasteiger charge is 2.06. The van der Waals surface area contributed by atoms with Crippen LogP contribution >= 0.6 is 0 Å². The molecule has 2 aromatic rings. The maximum absolute atomic E-state index is 4.64. The van der Waals surface area contributed by atoms with Gasteiger partial charge in [0.2, 0.25) is 0 Å². The summed E-state index contributed by atoms with van der Waals surface area (Å²) in [5.74, 6) is 7.35. The molecule has 0 saturated carbocycles.